The number of hydrogen-bond acceptors (Lipinski definition) is 3. The van der Waals surface area contributed by atoms with E-state index in [1.54, 1.807) is 0 Å². The van der Waals surface area contributed by atoms with Gasteiger partial charge in [0.2, 0.25) is 0 Å². The number of nitrogens with one attached hydrogen (secondary N) is 1. The number of nitrogens with zero attached hydrogens (tertiary/aromatic N) is 1. The van der Waals surface area contributed by atoms with Crippen LogP contribution >= 0.6 is 15.9 Å². The molecule has 3 nitrogen and oxygen atoms in total. The van der Waals surface area contributed by atoms with Gasteiger partial charge < -0.3 is 10.1 Å². The topological polar surface area (TPSA) is 34.2 Å². The number of halogens is 1. The molecule has 2 rings (SSSR count). The average Bonchev–Trinajstić information content (AvgIpc) is 2.30. The predicted molar refractivity (Wildman–Crippen MR) is 71.8 cm³/mol. The van der Waals surface area contributed by atoms with Gasteiger partial charge in [0.15, 0.2) is 0 Å². The molecule has 0 amide bonds. The van der Waals surface area contributed by atoms with Crippen LogP contribution in [0.3, 0.4) is 0 Å². The van der Waals surface area contributed by atoms with E-state index in [4.69, 9.17) is 4.74 Å². The largest absolute Gasteiger partial charge is 0.381 e. The lowest BCUT2D eigenvalue weighted by atomic mass is 9.82. The lowest BCUT2D eigenvalue weighted by molar-refractivity contribution is 0.0239. The van der Waals surface area contributed by atoms with Crippen molar-refractivity contribution < 1.29 is 4.74 Å². The second kappa shape index (κ2) is 5.94. The molecule has 0 saturated carbocycles. The summed E-state index contributed by atoms with van der Waals surface area (Å²) in [7, 11) is 0. The Hall–Kier alpha value is -0.450. The zero-order valence-corrected chi connectivity index (χ0v) is 11.8. The Morgan fingerprint density at radius 3 is 2.88 bits per heavy atom. The van der Waals surface area contributed by atoms with Gasteiger partial charge in [0, 0.05) is 26.3 Å². The molecule has 1 fully saturated rings. The quantitative estimate of drug-likeness (QED) is 0.868. The Kier molecular flexibility index (Phi) is 4.54. The van der Waals surface area contributed by atoms with Gasteiger partial charge in [-0.15, -0.1) is 0 Å². The standard InChI is InChI=1S/C13H19BrN2O/c1-13(5-7-17-8-6-13)10-15-9-11-3-2-4-12(14)16-11/h2-4,15H,5-10H2,1H3. The van der Waals surface area contributed by atoms with E-state index < -0.39 is 0 Å². The summed E-state index contributed by atoms with van der Waals surface area (Å²) in [6, 6.07) is 6.01. The molecule has 0 spiro atoms. The van der Waals surface area contributed by atoms with Crippen LogP contribution in [0, 0.1) is 5.41 Å². The minimum Gasteiger partial charge on any atom is -0.381 e. The van der Waals surface area contributed by atoms with Crippen LogP contribution in [0.1, 0.15) is 25.5 Å². The molecule has 0 atom stereocenters. The summed E-state index contributed by atoms with van der Waals surface area (Å²) >= 11 is 3.39. The van der Waals surface area contributed by atoms with E-state index in [1.165, 1.54) is 0 Å². The maximum absolute atomic E-state index is 5.40. The molecule has 4 heteroatoms. The minimum absolute atomic E-state index is 0.379. The van der Waals surface area contributed by atoms with Gasteiger partial charge in [0.05, 0.1) is 5.69 Å². The smallest absolute Gasteiger partial charge is 0.106 e. The van der Waals surface area contributed by atoms with Crippen molar-refractivity contribution in [3.8, 4) is 0 Å². The summed E-state index contributed by atoms with van der Waals surface area (Å²) in [6.45, 7) is 5.98. The fourth-order valence-electron chi connectivity index (χ4n) is 2.08. The van der Waals surface area contributed by atoms with E-state index in [0.29, 0.717) is 5.41 Å². The normalized spacial score (nSPS) is 19.2. The number of pyridine rings is 1. The van der Waals surface area contributed by atoms with Gasteiger partial charge in [0.25, 0.3) is 0 Å². The fourth-order valence-corrected chi connectivity index (χ4v) is 2.46. The third-order valence-corrected chi connectivity index (χ3v) is 3.77. The predicted octanol–water partition coefficient (Wildman–Crippen LogP) is 2.75. The zero-order valence-electron chi connectivity index (χ0n) is 10.2. The summed E-state index contributed by atoms with van der Waals surface area (Å²) in [5.74, 6) is 0. The molecule has 1 saturated heterocycles. The second-order valence-electron chi connectivity index (χ2n) is 4.98. The summed E-state index contributed by atoms with van der Waals surface area (Å²) in [6.07, 6.45) is 2.29. The highest BCUT2D eigenvalue weighted by Crippen LogP contribution is 2.28. The first-order valence-corrected chi connectivity index (χ1v) is 6.87. The van der Waals surface area contributed by atoms with Crippen molar-refractivity contribution in [2.24, 2.45) is 5.41 Å². The van der Waals surface area contributed by atoms with Crippen LogP contribution in [0.25, 0.3) is 0 Å². The van der Waals surface area contributed by atoms with Crippen LogP contribution < -0.4 is 5.32 Å². The first-order valence-electron chi connectivity index (χ1n) is 6.08. The van der Waals surface area contributed by atoms with Crippen LogP contribution in [0.4, 0.5) is 0 Å². The van der Waals surface area contributed by atoms with E-state index in [-0.39, 0.29) is 0 Å². The van der Waals surface area contributed by atoms with Gasteiger partial charge in [-0.25, -0.2) is 4.98 Å². The molecule has 1 aromatic rings. The average molecular weight is 299 g/mol. The van der Waals surface area contributed by atoms with Crippen molar-refractivity contribution in [1.29, 1.82) is 0 Å². The summed E-state index contributed by atoms with van der Waals surface area (Å²) < 4.78 is 6.30. The molecule has 0 bridgehead atoms. The van der Waals surface area contributed by atoms with Gasteiger partial charge in [-0.1, -0.05) is 13.0 Å². The minimum atomic E-state index is 0.379. The third kappa shape index (κ3) is 4.05. The van der Waals surface area contributed by atoms with Gasteiger partial charge in [0.1, 0.15) is 4.60 Å². The molecule has 1 aliphatic rings. The lowest BCUT2D eigenvalue weighted by Gasteiger charge is -2.33. The van der Waals surface area contributed by atoms with Crippen LogP contribution in [0.2, 0.25) is 0 Å². The van der Waals surface area contributed by atoms with Crippen LogP contribution in [-0.2, 0) is 11.3 Å². The van der Waals surface area contributed by atoms with E-state index in [0.717, 1.165) is 49.4 Å². The Labute approximate surface area is 111 Å². The first kappa shape index (κ1) is 13.0. The molecule has 17 heavy (non-hydrogen) atoms. The van der Waals surface area contributed by atoms with E-state index in [2.05, 4.69) is 33.2 Å². The number of aromatic nitrogens is 1. The molecular weight excluding hydrogens is 280 g/mol. The van der Waals surface area contributed by atoms with Crippen molar-refractivity contribution in [2.75, 3.05) is 19.8 Å². The number of hydrogen-bond donors (Lipinski definition) is 1. The Morgan fingerprint density at radius 2 is 2.18 bits per heavy atom. The Morgan fingerprint density at radius 1 is 1.41 bits per heavy atom. The Balaban J connectivity index is 1.79. The van der Waals surface area contributed by atoms with Crippen LogP contribution in [-0.4, -0.2) is 24.7 Å². The summed E-state index contributed by atoms with van der Waals surface area (Å²) in [5, 5.41) is 3.50. The maximum atomic E-state index is 5.40. The molecule has 0 unspecified atom stereocenters. The molecule has 0 aromatic carbocycles. The highest BCUT2D eigenvalue weighted by molar-refractivity contribution is 9.10. The number of rotatable bonds is 4. The third-order valence-electron chi connectivity index (χ3n) is 3.33. The van der Waals surface area contributed by atoms with Gasteiger partial charge in [-0.05, 0) is 46.3 Å². The maximum Gasteiger partial charge on any atom is 0.106 e. The van der Waals surface area contributed by atoms with Crippen molar-refractivity contribution >= 4 is 15.9 Å². The molecule has 2 heterocycles. The number of ether oxygens (including phenoxy) is 1. The van der Waals surface area contributed by atoms with Gasteiger partial charge in [-0.3, -0.25) is 0 Å². The van der Waals surface area contributed by atoms with E-state index in [1.807, 2.05) is 18.2 Å². The highest BCUT2D eigenvalue weighted by Gasteiger charge is 2.26. The van der Waals surface area contributed by atoms with Gasteiger partial charge in [-0.2, -0.15) is 0 Å². The Bertz CT molecular complexity index is 364. The first-order chi connectivity index (χ1) is 8.18. The summed E-state index contributed by atoms with van der Waals surface area (Å²) in [4.78, 5) is 4.41. The molecule has 94 valence electrons. The van der Waals surface area contributed by atoms with Crippen molar-refractivity contribution in [1.82, 2.24) is 10.3 Å². The van der Waals surface area contributed by atoms with Crippen molar-refractivity contribution in [2.45, 2.75) is 26.3 Å². The highest BCUT2D eigenvalue weighted by atomic mass is 79.9. The molecule has 1 aliphatic heterocycles. The van der Waals surface area contributed by atoms with Crippen LogP contribution in [0.15, 0.2) is 22.8 Å². The lowest BCUT2D eigenvalue weighted by Crippen LogP contribution is -2.36. The molecular formula is C13H19BrN2O. The molecule has 0 aliphatic carbocycles. The van der Waals surface area contributed by atoms with E-state index in [9.17, 15) is 0 Å². The molecule has 1 N–H and O–H groups in total. The van der Waals surface area contributed by atoms with Crippen molar-refractivity contribution in [3.05, 3.63) is 28.5 Å². The van der Waals surface area contributed by atoms with Gasteiger partial charge >= 0.3 is 0 Å². The zero-order chi connectivity index (χ0) is 12.1. The summed E-state index contributed by atoms with van der Waals surface area (Å²) in [5.41, 5.74) is 1.46. The molecule has 1 aromatic heterocycles. The second-order valence-corrected chi connectivity index (χ2v) is 5.79. The fraction of sp³-hybridized carbons (Fsp3) is 0.615. The molecule has 0 radical (unpaired) electrons. The van der Waals surface area contributed by atoms with Crippen LogP contribution in [0.5, 0.6) is 0 Å². The van der Waals surface area contributed by atoms with E-state index >= 15 is 0 Å². The SMILES string of the molecule is CC1(CNCc2cccc(Br)n2)CCOCC1. The van der Waals surface area contributed by atoms with Crippen molar-refractivity contribution in [3.63, 3.8) is 0 Å². The monoisotopic (exact) mass is 298 g/mol.